The molecular formula is C21H20F3N5O3. The average molecular weight is 447 g/mol. The van der Waals surface area contributed by atoms with Gasteiger partial charge in [0.25, 0.3) is 11.6 Å². The Morgan fingerprint density at radius 3 is 2.53 bits per heavy atom. The number of nitrogens with zero attached hydrogens (tertiary/aromatic N) is 4. The van der Waals surface area contributed by atoms with E-state index in [1.165, 1.54) is 18.2 Å². The molecule has 4 rings (SSSR count). The third-order valence-electron chi connectivity index (χ3n) is 5.35. The van der Waals surface area contributed by atoms with E-state index < -0.39 is 23.6 Å². The molecule has 1 aliphatic rings. The van der Waals surface area contributed by atoms with Crippen molar-refractivity contribution in [2.45, 2.75) is 32.0 Å². The average Bonchev–Trinajstić information content (AvgIpc) is 3.09. The van der Waals surface area contributed by atoms with Gasteiger partial charge < -0.3 is 10.2 Å². The molecule has 168 valence electrons. The number of carbonyl (C=O) groups excluding carboxylic acids is 1. The number of amides is 1. The SMILES string of the molecule is O=C(Nc1nn(CC(F)(F)F)c2ccccc12)c1cc([N+](=O)[O-])ccc1N1CCCCC1. The number of benzene rings is 2. The number of halogens is 3. The molecule has 0 atom stereocenters. The number of para-hydroxylation sites is 1. The molecule has 0 spiro atoms. The Morgan fingerprint density at radius 1 is 1.12 bits per heavy atom. The summed E-state index contributed by atoms with van der Waals surface area (Å²) in [5, 5.41) is 18.1. The lowest BCUT2D eigenvalue weighted by atomic mass is 10.1. The van der Waals surface area contributed by atoms with E-state index in [4.69, 9.17) is 0 Å². The summed E-state index contributed by atoms with van der Waals surface area (Å²) in [5.74, 6) is -0.706. The lowest BCUT2D eigenvalue weighted by Crippen LogP contribution is -2.31. The van der Waals surface area contributed by atoms with Gasteiger partial charge in [0.2, 0.25) is 0 Å². The van der Waals surface area contributed by atoms with Gasteiger partial charge in [-0.2, -0.15) is 18.3 Å². The molecule has 1 N–H and O–H groups in total. The first kappa shape index (κ1) is 21.6. The molecule has 8 nitrogen and oxygen atoms in total. The van der Waals surface area contributed by atoms with Gasteiger partial charge in [-0.1, -0.05) is 12.1 Å². The van der Waals surface area contributed by atoms with Gasteiger partial charge in [-0.25, -0.2) is 0 Å². The van der Waals surface area contributed by atoms with Crippen molar-refractivity contribution >= 4 is 34.0 Å². The number of nitro groups is 1. The fraction of sp³-hybridized carbons (Fsp3) is 0.333. The quantitative estimate of drug-likeness (QED) is 0.450. The zero-order valence-electron chi connectivity index (χ0n) is 16.9. The molecule has 2 aromatic carbocycles. The summed E-state index contributed by atoms with van der Waals surface area (Å²) < 4.78 is 39.7. The van der Waals surface area contributed by atoms with Gasteiger partial charge in [0.15, 0.2) is 5.82 Å². The predicted octanol–water partition coefficient (Wildman–Crippen LogP) is 4.75. The third kappa shape index (κ3) is 4.51. The van der Waals surface area contributed by atoms with E-state index in [1.54, 1.807) is 24.3 Å². The lowest BCUT2D eigenvalue weighted by molar-refractivity contribution is -0.384. The monoisotopic (exact) mass is 447 g/mol. The van der Waals surface area contributed by atoms with Crippen LogP contribution in [-0.4, -0.2) is 39.9 Å². The van der Waals surface area contributed by atoms with E-state index >= 15 is 0 Å². The number of piperidine rings is 1. The highest BCUT2D eigenvalue weighted by Gasteiger charge is 2.30. The van der Waals surface area contributed by atoms with Crippen molar-refractivity contribution < 1.29 is 22.9 Å². The standard InChI is InChI=1S/C21H20F3N5O3/c22-21(23,24)13-28-18-7-3-2-6-15(18)19(26-28)25-20(30)16-12-14(29(31)32)8-9-17(16)27-10-4-1-5-11-27/h2-3,6-9,12H,1,4-5,10-11,13H2,(H,25,26,30). The molecule has 1 aromatic heterocycles. The molecule has 1 aliphatic heterocycles. The first-order valence-electron chi connectivity index (χ1n) is 10.1. The van der Waals surface area contributed by atoms with E-state index in [0.29, 0.717) is 24.2 Å². The van der Waals surface area contributed by atoms with Crippen molar-refractivity contribution in [2.24, 2.45) is 0 Å². The molecule has 1 fully saturated rings. The number of nitro benzene ring substituents is 1. The fourth-order valence-electron chi connectivity index (χ4n) is 3.91. The van der Waals surface area contributed by atoms with Crippen LogP contribution in [0.25, 0.3) is 10.9 Å². The van der Waals surface area contributed by atoms with Gasteiger partial charge >= 0.3 is 6.18 Å². The topological polar surface area (TPSA) is 93.3 Å². The molecular weight excluding hydrogens is 427 g/mol. The summed E-state index contributed by atoms with van der Waals surface area (Å²) in [7, 11) is 0. The number of hydrogen-bond acceptors (Lipinski definition) is 5. The number of hydrogen-bond donors (Lipinski definition) is 1. The minimum absolute atomic E-state index is 0.0362. The number of non-ortho nitro benzene ring substituents is 1. The number of aromatic nitrogens is 2. The molecule has 1 amide bonds. The Labute approximate surface area is 180 Å². The Bertz CT molecular complexity index is 1170. The van der Waals surface area contributed by atoms with Crippen LogP contribution in [0.3, 0.4) is 0 Å². The maximum absolute atomic E-state index is 13.2. The molecule has 32 heavy (non-hydrogen) atoms. The molecule has 3 aromatic rings. The van der Waals surface area contributed by atoms with Gasteiger partial charge in [-0.05, 0) is 37.5 Å². The van der Waals surface area contributed by atoms with Crippen LogP contribution < -0.4 is 10.2 Å². The first-order chi connectivity index (χ1) is 15.2. The number of anilines is 2. The number of rotatable bonds is 5. The fourth-order valence-corrected chi connectivity index (χ4v) is 3.91. The number of carbonyl (C=O) groups is 1. The number of nitrogens with one attached hydrogen (secondary N) is 1. The smallest absolute Gasteiger partial charge is 0.371 e. The van der Waals surface area contributed by atoms with E-state index in [2.05, 4.69) is 10.4 Å². The Morgan fingerprint density at radius 2 is 1.84 bits per heavy atom. The number of fused-ring (bicyclic) bond motifs is 1. The zero-order chi connectivity index (χ0) is 22.9. The van der Waals surface area contributed by atoms with Crippen LogP contribution in [0.1, 0.15) is 29.6 Å². The van der Waals surface area contributed by atoms with E-state index in [0.717, 1.165) is 23.9 Å². The largest absolute Gasteiger partial charge is 0.408 e. The van der Waals surface area contributed by atoms with E-state index in [-0.39, 0.29) is 22.6 Å². The summed E-state index contributed by atoms with van der Waals surface area (Å²) in [6, 6.07) is 10.3. The van der Waals surface area contributed by atoms with Crippen LogP contribution in [0.4, 0.5) is 30.4 Å². The van der Waals surface area contributed by atoms with Crippen molar-refractivity contribution in [3.8, 4) is 0 Å². The molecule has 0 unspecified atom stereocenters. The second kappa shape index (κ2) is 8.48. The highest BCUT2D eigenvalue weighted by molar-refractivity contribution is 6.11. The van der Waals surface area contributed by atoms with Gasteiger partial charge in [0, 0.05) is 30.6 Å². The van der Waals surface area contributed by atoms with Crippen LogP contribution in [0.15, 0.2) is 42.5 Å². The first-order valence-corrected chi connectivity index (χ1v) is 10.1. The minimum atomic E-state index is -4.49. The Balaban J connectivity index is 1.72. The highest BCUT2D eigenvalue weighted by atomic mass is 19.4. The van der Waals surface area contributed by atoms with Crippen LogP contribution in [0.2, 0.25) is 0 Å². The normalized spacial score (nSPS) is 14.5. The second-order valence-electron chi connectivity index (χ2n) is 7.60. The summed E-state index contributed by atoms with van der Waals surface area (Å²) in [5.41, 5.74) is 0.598. The molecule has 11 heteroatoms. The van der Waals surface area contributed by atoms with Crippen molar-refractivity contribution in [2.75, 3.05) is 23.3 Å². The molecule has 0 radical (unpaired) electrons. The van der Waals surface area contributed by atoms with Gasteiger partial charge in [0.1, 0.15) is 6.54 Å². The molecule has 1 saturated heterocycles. The van der Waals surface area contributed by atoms with E-state index in [9.17, 15) is 28.1 Å². The lowest BCUT2D eigenvalue weighted by Gasteiger charge is -2.30. The molecule has 0 aliphatic carbocycles. The van der Waals surface area contributed by atoms with Gasteiger partial charge in [0.05, 0.1) is 21.7 Å². The summed E-state index contributed by atoms with van der Waals surface area (Å²) >= 11 is 0. The van der Waals surface area contributed by atoms with Crippen LogP contribution in [0, 0.1) is 10.1 Å². The predicted molar refractivity (Wildman–Crippen MR) is 113 cm³/mol. The van der Waals surface area contributed by atoms with Crippen LogP contribution in [-0.2, 0) is 6.54 Å². The van der Waals surface area contributed by atoms with Gasteiger partial charge in [-0.3, -0.25) is 19.6 Å². The minimum Gasteiger partial charge on any atom is -0.371 e. The summed E-state index contributed by atoms with van der Waals surface area (Å²) in [6.45, 7) is 0.113. The summed E-state index contributed by atoms with van der Waals surface area (Å²) in [6.07, 6.45) is -1.56. The van der Waals surface area contributed by atoms with Crippen molar-refractivity contribution in [1.29, 1.82) is 0 Å². The Hall–Kier alpha value is -3.63. The number of alkyl halides is 3. The van der Waals surface area contributed by atoms with Crippen molar-refractivity contribution in [1.82, 2.24) is 9.78 Å². The van der Waals surface area contributed by atoms with Gasteiger partial charge in [-0.15, -0.1) is 0 Å². The summed E-state index contributed by atoms with van der Waals surface area (Å²) in [4.78, 5) is 25.8. The highest BCUT2D eigenvalue weighted by Crippen LogP contribution is 2.31. The van der Waals surface area contributed by atoms with Crippen molar-refractivity contribution in [3.05, 3.63) is 58.1 Å². The van der Waals surface area contributed by atoms with Crippen LogP contribution >= 0.6 is 0 Å². The maximum atomic E-state index is 13.2. The molecule has 0 bridgehead atoms. The molecule has 2 heterocycles. The van der Waals surface area contributed by atoms with Crippen LogP contribution in [0.5, 0.6) is 0 Å². The van der Waals surface area contributed by atoms with E-state index in [1.807, 2.05) is 4.90 Å². The van der Waals surface area contributed by atoms with Crippen molar-refractivity contribution in [3.63, 3.8) is 0 Å². The Kier molecular flexibility index (Phi) is 5.72. The maximum Gasteiger partial charge on any atom is 0.408 e. The zero-order valence-corrected chi connectivity index (χ0v) is 16.9. The molecule has 0 saturated carbocycles. The third-order valence-corrected chi connectivity index (χ3v) is 5.35. The second-order valence-corrected chi connectivity index (χ2v) is 7.60.